The van der Waals surface area contributed by atoms with Crippen molar-refractivity contribution in [1.82, 2.24) is 4.98 Å². The molecule has 1 aliphatic rings. The molecular formula is C11H15ClN2. The largest absolute Gasteiger partial charge is 0.324 e. The Morgan fingerprint density at radius 1 is 1.43 bits per heavy atom. The summed E-state index contributed by atoms with van der Waals surface area (Å²) in [4.78, 5) is 3.97. The van der Waals surface area contributed by atoms with E-state index in [4.69, 9.17) is 17.3 Å². The van der Waals surface area contributed by atoms with E-state index in [9.17, 15) is 0 Å². The summed E-state index contributed by atoms with van der Waals surface area (Å²) >= 11 is 6.06. The molecule has 1 aromatic rings. The fraction of sp³-hybridized carbons (Fsp3) is 0.545. The molecule has 1 aliphatic carbocycles. The van der Waals surface area contributed by atoms with Gasteiger partial charge in [0, 0.05) is 18.4 Å². The molecule has 0 saturated heterocycles. The Labute approximate surface area is 89.5 Å². The summed E-state index contributed by atoms with van der Waals surface area (Å²) in [6.07, 6.45) is 8.52. The average Bonchev–Trinajstić information content (AvgIpc) is 2.70. The summed E-state index contributed by atoms with van der Waals surface area (Å²) in [7, 11) is 0. The summed E-state index contributed by atoms with van der Waals surface area (Å²) in [5.74, 6) is 0.606. The number of hydrogen-bond donors (Lipinski definition) is 1. The molecule has 1 atom stereocenters. The van der Waals surface area contributed by atoms with Gasteiger partial charge in [0.25, 0.3) is 0 Å². The Kier molecular flexibility index (Phi) is 3.04. The number of halogens is 1. The molecule has 2 rings (SSSR count). The van der Waals surface area contributed by atoms with E-state index in [-0.39, 0.29) is 6.04 Å². The number of pyridine rings is 1. The third kappa shape index (κ3) is 1.91. The van der Waals surface area contributed by atoms with Gasteiger partial charge in [-0.2, -0.15) is 0 Å². The number of hydrogen-bond acceptors (Lipinski definition) is 2. The van der Waals surface area contributed by atoms with E-state index in [1.54, 1.807) is 12.4 Å². The molecule has 0 spiro atoms. The number of nitrogens with two attached hydrogens (primary N) is 1. The first-order chi connectivity index (χ1) is 6.79. The third-order valence-corrected chi connectivity index (χ3v) is 3.39. The molecule has 1 fully saturated rings. The molecule has 2 N–H and O–H groups in total. The molecule has 0 bridgehead atoms. The summed E-state index contributed by atoms with van der Waals surface area (Å²) < 4.78 is 0. The molecular weight excluding hydrogens is 196 g/mol. The van der Waals surface area contributed by atoms with Gasteiger partial charge in [-0.1, -0.05) is 24.4 Å². The lowest BCUT2D eigenvalue weighted by Gasteiger charge is -2.19. The minimum Gasteiger partial charge on any atom is -0.324 e. The molecule has 1 heterocycles. The monoisotopic (exact) mass is 210 g/mol. The summed E-state index contributed by atoms with van der Waals surface area (Å²) in [6.45, 7) is 0. The van der Waals surface area contributed by atoms with Crippen molar-refractivity contribution in [3.63, 3.8) is 0 Å². The molecule has 0 radical (unpaired) electrons. The molecule has 0 aromatic carbocycles. The number of rotatable bonds is 2. The second kappa shape index (κ2) is 4.28. The van der Waals surface area contributed by atoms with E-state index in [0.29, 0.717) is 10.9 Å². The predicted octanol–water partition coefficient (Wildman–Crippen LogP) is 2.93. The molecule has 1 aromatic heterocycles. The smallest absolute Gasteiger partial charge is 0.0637 e. The molecule has 0 aliphatic heterocycles. The van der Waals surface area contributed by atoms with Crippen LogP contribution in [0.4, 0.5) is 0 Å². The Morgan fingerprint density at radius 2 is 2.14 bits per heavy atom. The predicted molar refractivity (Wildman–Crippen MR) is 58.1 cm³/mol. The Hall–Kier alpha value is -0.600. The van der Waals surface area contributed by atoms with Crippen molar-refractivity contribution in [2.45, 2.75) is 31.7 Å². The minimum atomic E-state index is 0.0907. The number of aromatic nitrogens is 1. The standard InChI is InChI=1S/C11H15ClN2/c12-10-7-14-6-5-9(10)11(13)8-3-1-2-4-8/h5-8,11H,1-4,13H2. The van der Waals surface area contributed by atoms with Gasteiger partial charge in [0.05, 0.1) is 5.02 Å². The van der Waals surface area contributed by atoms with Crippen molar-refractivity contribution in [1.29, 1.82) is 0 Å². The van der Waals surface area contributed by atoms with Gasteiger partial charge >= 0.3 is 0 Å². The van der Waals surface area contributed by atoms with Crippen LogP contribution in [0, 0.1) is 5.92 Å². The van der Waals surface area contributed by atoms with Gasteiger partial charge < -0.3 is 5.73 Å². The minimum absolute atomic E-state index is 0.0907. The third-order valence-electron chi connectivity index (χ3n) is 3.07. The second-order valence-electron chi connectivity index (χ2n) is 3.97. The topological polar surface area (TPSA) is 38.9 Å². The maximum atomic E-state index is 6.19. The van der Waals surface area contributed by atoms with Gasteiger partial charge in [-0.05, 0) is 30.4 Å². The zero-order valence-electron chi connectivity index (χ0n) is 8.12. The number of nitrogens with zero attached hydrogens (tertiary/aromatic N) is 1. The first-order valence-corrected chi connectivity index (χ1v) is 5.52. The first-order valence-electron chi connectivity index (χ1n) is 5.14. The normalized spacial score (nSPS) is 19.9. The first kappa shape index (κ1) is 9.94. The summed E-state index contributed by atoms with van der Waals surface area (Å²) in [5.41, 5.74) is 7.24. The highest BCUT2D eigenvalue weighted by Gasteiger charge is 2.24. The van der Waals surface area contributed by atoms with Crippen LogP contribution in [0.15, 0.2) is 18.5 Å². The van der Waals surface area contributed by atoms with E-state index in [2.05, 4.69) is 4.98 Å². The van der Waals surface area contributed by atoms with Crippen molar-refractivity contribution in [3.8, 4) is 0 Å². The average molecular weight is 211 g/mol. The highest BCUT2D eigenvalue weighted by Crippen LogP contribution is 2.36. The highest BCUT2D eigenvalue weighted by molar-refractivity contribution is 6.31. The quantitative estimate of drug-likeness (QED) is 0.815. The molecule has 2 nitrogen and oxygen atoms in total. The molecule has 1 saturated carbocycles. The summed E-state index contributed by atoms with van der Waals surface area (Å²) in [6, 6.07) is 2.03. The van der Waals surface area contributed by atoms with Crippen LogP contribution in [0.1, 0.15) is 37.3 Å². The molecule has 14 heavy (non-hydrogen) atoms. The lowest BCUT2D eigenvalue weighted by atomic mass is 9.93. The SMILES string of the molecule is NC(c1ccncc1Cl)C1CCCC1. The molecule has 3 heteroatoms. The van der Waals surface area contributed by atoms with Gasteiger partial charge in [-0.15, -0.1) is 0 Å². The van der Waals surface area contributed by atoms with E-state index in [0.717, 1.165) is 5.56 Å². The van der Waals surface area contributed by atoms with Crippen molar-refractivity contribution in [3.05, 3.63) is 29.0 Å². The second-order valence-corrected chi connectivity index (χ2v) is 4.37. The zero-order valence-corrected chi connectivity index (χ0v) is 8.87. The summed E-state index contributed by atoms with van der Waals surface area (Å²) in [5, 5.41) is 0.701. The highest BCUT2D eigenvalue weighted by atomic mass is 35.5. The Bertz CT molecular complexity index is 308. The zero-order chi connectivity index (χ0) is 9.97. The van der Waals surface area contributed by atoms with Gasteiger partial charge in [0.15, 0.2) is 0 Å². The van der Waals surface area contributed by atoms with Gasteiger partial charge in [-0.3, -0.25) is 4.98 Å². The van der Waals surface area contributed by atoms with E-state index in [1.165, 1.54) is 25.7 Å². The van der Waals surface area contributed by atoms with Crippen molar-refractivity contribution in [2.24, 2.45) is 11.7 Å². The lowest BCUT2D eigenvalue weighted by molar-refractivity contribution is 0.445. The molecule has 0 amide bonds. The van der Waals surface area contributed by atoms with Gasteiger partial charge in [0.2, 0.25) is 0 Å². The van der Waals surface area contributed by atoms with E-state index in [1.807, 2.05) is 6.07 Å². The van der Waals surface area contributed by atoms with Gasteiger partial charge in [-0.25, -0.2) is 0 Å². The maximum Gasteiger partial charge on any atom is 0.0637 e. The lowest BCUT2D eigenvalue weighted by Crippen LogP contribution is -2.19. The van der Waals surface area contributed by atoms with Crippen molar-refractivity contribution in [2.75, 3.05) is 0 Å². The van der Waals surface area contributed by atoms with Gasteiger partial charge in [0.1, 0.15) is 0 Å². The van der Waals surface area contributed by atoms with Crippen LogP contribution < -0.4 is 5.73 Å². The maximum absolute atomic E-state index is 6.19. The fourth-order valence-corrected chi connectivity index (χ4v) is 2.47. The van der Waals surface area contributed by atoms with Crippen LogP contribution >= 0.6 is 11.6 Å². The fourth-order valence-electron chi connectivity index (χ4n) is 2.23. The Balaban J connectivity index is 2.17. The van der Waals surface area contributed by atoms with Crippen LogP contribution in [0.2, 0.25) is 5.02 Å². The molecule has 1 unspecified atom stereocenters. The molecule has 76 valence electrons. The van der Waals surface area contributed by atoms with Crippen LogP contribution in [-0.2, 0) is 0 Å². The Morgan fingerprint density at radius 3 is 2.79 bits per heavy atom. The van der Waals surface area contributed by atoms with Crippen molar-refractivity contribution < 1.29 is 0 Å². The van der Waals surface area contributed by atoms with Crippen LogP contribution in [0.25, 0.3) is 0 Å². The van der Waals surface area contributed by atoms with E-state index >= 15 is 0 Å². The van der Waals surface area contributed by atoms with Crippen molar-refractivity contribution >= 4 is 11.6 Å². The van der Waals surface area contributed by atoms with Crippen LogP contribution in [0.5, 0.6) is 0 Å². The van der Waals surface area contributed by atoms with E-state index < -0.39 is 0 Å². The van der Waals surface area contributed by atoms with Crippen LogP contribution in [0.3, 0.4) is 0 Å². The van der Waals surface area contributed by atoms with Crippen LogP contribution in [-0.4, -0.2) is 4.98 Å².